The minimum Gasteiger partial charge on any atom is -0.448 e. The molecular weight excluding hydrogens is 303 g/mol. The molecule has 0 bridgehead atoms. The Kier molecular flexibility index (Phi) is 4.35. The zero-order valence-corrected chi connectivity index (χ0v) is 12.5. The zero-order chi connectivity index (χ0) is 15.8. The highest BCUT2D eigenvalue weighted by molar-refractivity contribution is 7.89. The lowest BCUT2D eigenvalue weighted by molar-refractivity contribution is 0.0671. The summed E-state index contributed by atoms with van der Waals surface area (Å²) in [7, 11) is -2.57. The van der Waals surface area contributed by atoms with Gasteiger partial charge in [-0.2, -0.15) is 0 Å². The molecule has 2 N–H and O–H groups in total. The number of aliphatic hydroxyl groups excluding tert-OH is 1. The van der Waals surface area contributed by atoms with Gasteiger partial charge in [-0.15, -0.1) is 0 Å². The molecule has 1 fully saturated rings. The van der Waals surface area contributed by atoms with E-state index in [9.17, 15) is 22.7 Å². The first kappa shape index (κ1) is 15.9. The summed E-state index contributed by atoms with van der Waals surface area (Å²) in [6, 6.07) is 0.509. The van der Waals surface area contributed by atoms with Crippen LogP contribution >= 0.6 is 0 Å². The van der Waals surface area contributed by atoms with E-state index in [0.29, 0.717) is 0 Å². The molecular formula is C12H17FN2O5S. The van der Waals surface area contributed by atoms with Gasteiger partial charge in [0.05, 0.1) is 24.8 Å². The van der Waals surface area contributed by atoms with Crippen LogP contribution in [-0.2, 0) is 10.0 Å². The topological polar surface area (TPSA) is 99.9 Å². The molecule has 21 heavy (non-hydrogen) atoms. The minimum absolute atomic E-state index is 0.0522. The summed E-state index contributed by atoms with van der Waals surface area (Å²) in [6.07, 6.45) is -1.13. The highest BCUT2D eigenvalue weighted by Crippen LogP contribution is 2.26. The zero-order valence-electron chi connectivity index (χ0n) is 11.7. The van der Waals surface area contributed by atoms with Gasteiger partial charge in [0.2, 0.25) is 5.09 Å². The largest absolute Gasteiger partial charge is 0.448 e. The molecule has 1 aromatic heterocycles. The van der Waals surface area contributed by atoms with E-state index >= 15 is 0 Å². The third-order valence-corrected chi connectivity index (χ3v) is 4.76. The molecule has 118 valence electrons. The Labute approximate surface area is 121 Å². The number of rotatable bonds is 4. The fraction of sp³-hybridized carbons (Fsp3) is 0.583. The first-order chi connectivity index (χ1) is 9.80. The number of sulfonamides is 1. The van der Waals surface area contributed by atoms with E-state index in [2.05, 4.69) is 4.72 Å². The van der Waals surface area contributed by atoms with Crippen molar-refractivity contribution in [2.45, 2.75) is 30.7 Å². The maximum absolute atomic E-state index is 13.4. The molecule has 0 aliphatic carbocycles. The van der Waals surface area contributed by atoms with Gasteiger partial charge in [-0.05, 0) is 14.0 Å². The van der Waals surface area contributed by atoms with Crippen molar-refractivity contribution in [1.82, 2.24) is 9.62 Å². The third kappa shape index (κ3) is 2.94. The van der Waals surface area contributed by atoms with Crippen molar-refractivity contribution < 1.29 is 27.1 Å². The van der Waals surface area contributed by atoms with Crippen LogP contribution in [0.25, 0.3) is 0 Å². The molecule has 1 aliphatic rings. The van der Waals surface area contributed by atoms with Crippen molar-refractivity contribution in [3.05, 3.63) is 17.4 Å². The number of carbonyl (C=O) groups excluding carboxylic acids is 1. The number of furan rings is 1. The van der Waals surface area contributed by atoms with Gasteiger partial charge in [0.15, 0.2) is 0 Å². The summed E-state index contributed by atoms with van der Waals surface area (Å²) in [5, 5.41) is 8.83. The van der Waals surface area contributed by atoms with Gasteiger partial charge in [-0.25, -0.2) is 17.5 Å². The van der Waals surface area contributed by atoms with Gasteiger partial charge in [-0.3, -0.25) is 4.79 Å². The van der Waals surface area contributed by atoms with E-state index in [1.54, 1.807) is 0 Å². The molecule has 7 nitrogen and oxygen atoms in total. The summed E-state index contributed by atoms with van der Waals surface area (Å²) in [5.41, 5.74) is 0.0522. The number of aliphatic hydroxyl groups is 1. The minimum atomic E-state index is -3.80. The number of carbonyl (C=O) groups is 1. The smallest absolute Gasteiger partial charge is 0.273 e. The molecule has 0 unspecified atom stereocenters. The van der Waals surface area contributed by atoms with Crippen molar-refractivity contribution >= 4 is 15.9 Å². The van der Waals surface area contributed by atoms with Crippen molar-refractivity contribution in [1.29, 1.82) is 0 Å². The predicted octanol–water partition coefficient (Wildman–Crippen LogP) is 0.0410. The summed E-state index contributed by atoms with van der Waals surface area (Å²) in [4.78, 5) is 13.6. The summed E-state index contributed by atoms with van der Waals surface area (Å²) in [5.74, 6) is -0.416. The van der Waals surface area contributed by atoms with Gasteiger partial charge in [0.25, 0.3) is 15.9 Å². The molecule has 1 saturated heterocycles. The Morgan fingerprint density at radius 1 is 1.62 bits per heavy atom. The lowest BCUT2D eigenvalue weighted by Crippen LogP contribution is -2.38. The number of amides is 1. The Balaban J connectivity index is 2.32. The molecule has 9 heteroatoms. The average molecular weight is 320 g/mol. The van der Waals surface area contributed by atoms with Crippen molar-refractivity contribution in [2.24, 2.45) is 0 Å². The van der Waals surface area contributed by atoms with E-state index in [4.69, 9.17) is 4.42 Å². The van der Waals surface area contributed by atoms with Crippen LogP contribution in [-0.4, -0.2) is 56.7 Å². The Bertz CT molecular complexity index is 642. The van der Waals surface area contributed by atoms with Gasteiger partial charge < -0.3 is 14.4 Å². The second-order valence-corrected chi connectivity index (χ2v) is 6.69. The van der Waals surface area contributed by atoms with E-state index < -0.39 is 28.1 Å². The van der Waals surface area contributed by atoms with E-state index in [1.807, 2.05) is 0 Å². The second kappa shape index (κ2) is 5.74. The lowest BCUT2D eigenvalue weighted by atomic mass is 10.2. The molecule has 1 aromatic rings. The van der Waals surface area contributed by atoms with Gasteiger partial charge in [0.1, 0.15) is 11.9 Å². The molecule has 1 aliphatic heterocycles. The van der Waals surface area contributed by atoms with E-state index in [1.165, 1.54) is 18.9 Å². The van der Waals surface area contributed by atoms with Crippen LogP contribution in [0.5, 0.6) is 0 Å². The summed E-state index contributed by atoms with van der Waals surface area (Å²) >= 11 is 0. The van der Waals surface area contributed by atoms with Crippen molar-refractivity contribution in [2.75, 3.05) is 20.2 Å². The van der Waals surface area contributed by atoms with Crippen LogP contribution in [0, 0.1) is 6.92 Å². The number of hydrogen-bond acceptors (Lipinski definition) is 5. The van der Waals surface area contributed by atoms with Gasteiger partial charge in [0, 0.05) is 12.5 Å². The first-order valence-electron chi connectivity index (χ1n) is 6.40. The predicted molar refractivity (Wildman–Crippen MR) is 71.1 cm³/mol. The van der Waals surface area contributed by atoms with Crippen molar-refractivity contribution in [3.8, 4) is 0 Å². The summed E-state index contributed by atoms with van der Waals surface area (Å²) < 4.78 is 43.9. The Morgan fingerprint density at radius 2 is 2.29 bits per heavy atom. The molecule has 2 rings (SSSR count). The number of halogens is 1. The Morgan fingerprint density at radius 3 is 2.86 bits per heavy atom. The second-order valence-electron chi connectivity index (χ2n) is 4.87. The van der Waals surface area contributed by atoms with Gasteiger partial charge in [-0.1, -0.05) is 0 Å². The molecule has 0 saturated carbocycles. The number of aryl methyl sites for hydroxylation is 1. The Hall–Kier alpha value is -1.45. The summed E-state index contributed by atoms with van der Waals surface area (Å²) in [6.45, 7) is 0.992. The monoisotopic (exact) mass is 320 g/mol. The van der Waals surface area contributed by atoms with Gasteiger partial charge >= 0.3 is 0 Å². The molecule has 0 radical (unpaired) electrons. The van der Waals surface area contributed by atoms with Crippen LogP contribution in [0.4, 0.5) is 4.39 Å². The van der Waals surface area contributed by atoms with E-state index in [0.717, 1.165) is 6.07 Å². The number of hydrogen-bond donors (Lipinski definition) is 2. The number of alkyl halides is 1. The van der Waals surface area contributed by atoms with E-state index in [-0.39, 0.29) is 36.0 Å². The highest BCUT2D eigenvalue weighted by atomic mass is 32.2. The lowest BCUT2D eigenvalue weighted by Gasteiger charge is -2.22. The molecule has 2 atom stereocenters. The number of likely N-dealkylation sites (tertiary alicyclic amines) is 1. The fourth-order valence-corrected chi connectivity index (χ4v) is 3.05. The molecule has 1 amide bonds. The highest BCUT2D eigenvalue weighted by Gasteiger charge is 2.37. The van der Waals surface area contributed by atoms with Crippen LogP contribution in [0.2, 0.25) is 0 Å². The first-order valence-corrected chi connectivity index (χ1v) is 7.88. The standard InChI is InChI=1S/C12H17FN2O5S/c1-7-10(4-11(20-7)21(18,19)14-2)12(17)15-5-8(13)3-9(15)6-16/h4,8-9,14,16H,3,5-6H2,1-2H3/t8-,9-/m0/s1. The maximum Gasteiger partial charge on any atom is 0.273 e. The van der Waals surface area contributed by atoms with Crippen LogP contribution in [0.3, 0.4) is 0 Å². The van der Waals surface area contributed by atoms with Crippen molar-refractivity contribution in [3.63, 3.8) is 0 Å². The van der Waals surface area contributed by atoms with Crippen LogP contribution in [0.1, 0.15) is 22.5 Å². The van der Waals surface area contributed by atoms with Crippen LogP contribution in [0.15, 0.2) is 15.6 Å². The normalized spacial score (nSPS) is 22.8. The molecule has 0 aromatic carbocycles. The number of nitrogens with zero attached hydrogens (tertiary/aromatic N) is 1. The third-order valence-electron chi connectivity index (χ3n) is 3.49. The quantitative estimate of drug-likeness (QED) is 0.816. The molecule has 2 heterocycles. The fourth-order valence-electron chi connectivity index (χ4n) is 2.34. The maximum atomic E-state index is 13.4. The SMILES string of the molecule is CNS(=O)(=O)c1cc(C(=O)N2C[C@@H](F)C[C@H]2CO)c(C)o1. The average Bonchev–Trinajstić information content (AvgIpc) is 3.01. The van der Waals surface area contributed by atoms with Crippen LogP contribution < -0.4 is 4.72 Å². The number of nitrogens with one attached hydrogen (secondary N) is 1. The molecule has 0 spiro atoms.